The molecule has 1 N–H and O–H groups in total. The summed E-state index contributed by atoms with van der Waals surface area (Å²) in [5.74, 6) is 0.362. The Hall–Kier alpha value is -1.62. The summed E-state index contributed by atoms with van der Waals surface area (Å²) in [6.45, 7) is 8.41. The van der Waals surface area contributed by atoms with Crippen LogP contribution >= 0.6 is 11.3 Å². The van der Waals surface area contributed by atoms with Crippen LogP contribution in [0.2, 0.25) is 0 Å². The van der Waals surface area contributed by atoms with Gasteiger partial charge in [0.1, 0.15) is 6.54 Å². The van der Waals surface area contributed by atoms with Crippen LogP contribution in [0.1, 0.15) is 36.2 Å². The highest BCUT2D eigenvalue weighted by Gasteiger charge is 2.19. The summed E-state index contributed by atoms with van der Waals surface area (Å²) in [5.41, 5.74) is 1.95. The molecule has 2 aromatic heterocycles. The Kier molecular flexibility index (Phi) is 4.60. The maximum absolute atomic E-state index is 12.2. The van der Waals surface area contributed by atoms with E-state index in [1.54, 1.807) is 16.0 Å². The van der Waals surface area contributed by atoms with Crippen molar-refractivity contribution in [1.82, 2.24) is 15.1 Å². The predicted molar refractivity (Wildman–Crippen MR) is 81.7 cm³/mol. The number of rotatable bonds is 5. The molecular weight excluding hydrogens is 270 g/mol. The van der Waals surface area contributed by atoms with Crippen molar-refractivity contribution in [2.24, 2.45) is 5.92 Å². The number of hydrogen-bond donors (Lipinski definition) is 1. The van der Waals surface area contributed by atoms with Crippen LogP contribution in [-0.4, -0.2) is 15.7 Å². The lowest BCUT2D eigenvalue weighted by Crippen LogP contribution is -2.34. The van der Waals surface area contributed by atoms with Gasteiger partial charge in [0.25, 0.3) is 0 Å². The van der Waals surface area contributed by atoms with Gasteiger partial charge < -0.3 is 5.32 Å². The van der Waals surface area contributed by atoms with E-state index in [2.05, 4.69) is 30.3 Å². The summed E-state index contributed by atoms with van der Waals surface area (Å²) in [6.07, 6.45) is 0. The Morgan fingerprint density at radius 2 is 2.20 bits per heavy atom. The largest absolute Gasteiger partial charge is 0.347 e. The summed E-state index contributed by atoms with van der Waals surface area (Å²) in [4.78, 5) is 13.4. The third kappa shape index (κ3) is 3.48. The van der Waals surface area contributed by atoms with Crippen molar-refractivity contribution in [2.75, 3.05) is 0 Å². The van der Waals surface area contributed by atoms with Crippen LogP contribution in [0.4, 0.5) is 0 Å². The molecule has 0 saturated heterocycles. The number of carbonyl (C=O) groups excluding carboxylic acids is 1. The van der Waals surface area contributed by atoms with Crippen molar-refractivity contribution in [1.29, 1.82) is 0 Å². The molecule has 0 unspecified atom stereocenters. The minimum atomic E-state index is 0.00306. The van der Waals surface area contributed by atoms with E-state index in [1.165, 1.54) is 4.88 Å². The fourth-order valence-electron chi connectivity index (χ4n) is 2.22. The monoisotopic (exact) mass is 291 g/mol. The SMILES string of the molecule is Cc1cc(C)n(CC(=O)N[C@@H](c2cccs2)C(C)C)n1. The van der Waals surface area contributed by atoms with Gasteiger partial charge in [-0.2, -0.15) is 5.10 Å². The van der Waals surface area contributed by atoms with Crippen LogP contribution in [-0.2, 0) is 11.3 Å². The topological polar surface area (TPSA) is 46.9 Å². The predicted octanol–water partition coefficient (Wildman–Crippen LogP) is 3.07. The van der Waals surface area contributed by atoms with E-state index in [9.17, 15) is 4.79 Å². The number of hydrogen-bond acceptors (Lipinski definition) is 3. The van der Waals surface area contributed by atoms with Gasteiger partial charge in [0.15, 0.2) is 0 Å². The van der Waals surface area contributed by atoms with E-state index >= 15 is 0 Å². The van der Waals surface area contributed by atoms with Gasteiger partial charge >= 0.3 is 0 Å². The molecule has 108 valence electrons. The van der Waals surface area contributed by atoms with Gasteiger partial charge in [0.2, 0.25) is 5.91 Å². The van der Waals surface area contributed by atoms with E-state index in [1.807, 2.05) is 31.4 Å². The highest BCUT2D eigenvalue weighted by atomic mass is 32.1. The molecule has 2 aromatic rings. The second kappa shape index (κ2) is 6.22. The number of nitrogens with zero attached hydrogens (tertiary/aromatic N) is 2. The van der Waals surface area contributed by atoms with Gasteiger partial charge in [0, 0.05) is 10.6 Å². The fraction of sp³-hybridized carbons (Fsp3) is 0.467. The molecule has 0 aliphatic rings. The zero-order valence-corrected chi connectivity index (χ0v) is 13.2. The zero-order chi connectivity index (χ0) is 14.7. The zero-order valence-electron chi connectivity index (χ0n) is 12.4. The van der Waals surface area contributed by atoms with Crippen molar-refractivity contribution in [3.8, 4) is 0 Å². The lowest BCUT2D eigenvalue weighted by Gasteiger charge is -2.21. The number of nitrogens with one attached hydrogen (secondary N) is 1. The normalized spacial score (nSPS) is 12.7. The molecule has 1 atom stereocenters. The molecule has 0 radical (unpaired) electrons. The second-order valence-electron chi connectivity index (χ2n) is 5.39. The standard InChI is InChI=1S/C15H21N3OS/c1-10(2)15(13-6-5-7-20-13)16-14(19)9-18-12(4)8-11(3)17-18/h5-8,10,15H,9H2,1-4H3,(H,16,19)/t15-/m1/s1. The molecule has 0 aliphatic carbocycles. The van der Waals surface area contributed by atoms with E-state index in [-0.39, 0.29) is 18.5 Å². The Balaban J connectivity index is 2.04. The van der Waals surface area contributed by atoms with E-state index in [0.29, 0.717) is 5.92 Å². The lowest BCUT2D eigenvalue weighted by atomic mass is 10.0. The Labute approximate surface area is 123 Å². The molecule has 2 rings (SSSR count). The van der Waals surface area contributed by atoms with Crippen molar-refractivity contribution in [3.63, 3.8) is 0 Å². The summed E-state index contributed by atoms with van der Waals surface area (Å²) in [6, 6.07) is 6.13. The molecule has 0 saturated carbocycles. The van der Waals surface area contributed by atoms with Crippen molar-refractivity contribution in [3.05, 3.63) is 39.8 Å². The van der Waals surface area contributed by atoms with Crippen molar-refractivity contribution < 1.29 is 4.79 Å². The van der Waals surface area contributed by atoms with Crippen molar-refractivity contribution >= 4 is 17.2 Å². The van der Waals surface area contributed by atoms with Crippen LogP contribution in [0.5, 0.6) is 0 Å². The van der Waals surface area contributed by atoms with Crippen LogP contribution in [0.3, 0.4) is 0 Å². The first-order valence-corrected chi connectivity index (χ1v) is 7.69. The molecule has 0 fully saturated rings. The van der Waals surface area contributed by atoms with E-state index < -0.39 is 0 Å². The molecule has 0 aromatic carbocycles. The molecule has 4 nitrogen and oxygen atoms in total. The summed E-state index contributed by atoms with van der Waals surface area (Å²) < 4.78 is 1.75. The molecular formula is C15H21N3OS. The number of thiophene rings is 1. The molecule has 0 aliphatic heterocycles. The highest BCUT2D eigenvalue weighted by molar-refractivity contribution is 7.10. The Morgan fingerprint density at radius 1 is 1.45 bits per heavy atom. The van der Waals surface area contributed by atoms with Crippen LogP contribution in [0.15, 0.2) is 23.6 Å². The number of aryl methyl sites for hydroxylation is 2. The van der Waals surface area contributed by atoms with Gasteiger partial charge in [0.05, 0.1) is 11.7 Å². The smallest absolute Gasteiger partial charge is 0.242 e. The van der Waals surface area contributed by atoms with Gasteiger partial charge in [-0.05, 0) is 37.3 Å². The third-order valence-electron chi connectivity index (χ3n) is 3.23. The van der Waals surface area contributed by atoms with E-state index in [4.69, 9.17) is 0 Å². The minimum absolute atomic E-state index is 0.00306. The lowest BCUT2D eigenvalue weighted by molar-refractivity contribution is -0.122. The van der Waals surface area contributed by atoms with Crippen LogP contribution in [0, 0.1) is 19.8 Å². The van der Waals surface area contributed by atoms with Crippen molar-refractivity contribution in [2.45, 2.75) is 40.3 Å². The molecule has 5 heteroatoms. The quantitative estimate of drug-likeness (QED) is 0.920. The first kappa shape index (κ1) is 14.8. The van der Waals surface area contributed by atoms with Gasteiger partial charge in [-0.3, -0.25) is 9.48 Å². The van der Waals surface area contributed by atoms with E-state index in [0.717, 1.165) is 11.4 Å². The average Bonchev–Trinajstić information content (AvgIpc) is 2.97. The molecule has 20 heavy (non-hydrogen) atoms. The number of aromatic nitrogens is 2. The summed E-state index contributed by atoms with van der Waals surface area (Å²) >= 11 is 1.68. The molecule has 2 heterocycles. The maximum Gasteiger partial charge on any atom is 0.242 e. The van der Waals surface area contributed by atoms with Gasteiger partial charge in [-0.15, -0.1) is 11.3 Å². The van der Waals surface area contributed by atoms with Crippen LogP contribution in [0.25, 0.3) is 0 Å². The van der Waals surface area contributed by atoms with Gasteiger partial charge in [-0.1, -0.05) is 19.9 Å². The number of amides is 1. The van der Waals surface area contributed by atoms with Gasteiger partial charge in [-0.25, -0.2) is 0 Å². The fourth-order valence-corrected chi connectivity index (χ4v) is 3.17. The third-order valence-corrected chi connectivity index (χ3v) is 4.18. The minimum Gasteiger partial charge on any atom is -0.347 e. The first-order chi connectivity index (χ1) is 9.47. The Bertz CT molecular complexity index is 572. The molecule has 0 bridgehead atoms. The molecule has 1 amide bonds. The highest BCUT2D eigenvalue weighted by Crippen LogP contribution is 2.25. The average molecular weight is 291 g/mol. The van der Waals surface area contributed by atoms with Crippen LogP contribution < -0.4 is 5.32 Å². The molecule has 0 spiro atoms. The number of carbonyl (C=O) groups is 1. The first-order valence-electron chi connectivity index (χ1n) is 6.81. The summed E-state index contributed by atoms with van der Waals surface area (Å²) in [5, 5.41) is 9.48. The Morgan fingerprint density at radius 3 is 2.70 bits per heavy atom. The maximum atomic E-state index is 12.2. The second-order valence-corrected chi connectivity index (χ2v) is 6.37. The summed E-state index contributed by atoms with van der Waals surface area (Å²) in [7, 11) is 0.